The fraction of sp³-hybridized carbons (Fsp3) is 0.308. The number of para-hydroxylation sites is 1. The molecular weight excluding hydrogens is 434 g/mol. The molecule has 0 aliphatic carbocycles. The van der Waals surface area contributed by atoms with Crippen molar-refractivity contribution in [2.45, 2.75) is 6.42 Å². The first kappa shape index (κ1) is 21.9. The SMILES string of the molecule is CN1CCN(CCCOc2ccc(-c3cn(-c4ccccc4)c4ncnc(Cl)c34)cc2)CC1. The standard InChI is InChI=1S/C26H28ClN5O/c1-30-13-15-31(16-14-30)12-5-17-33-22-10-8-20(9-11-22)23-18-32(21-6-3-2-4-7-21)26-24(23)25(27)28-19-29-26/h2-4,6-11,18-19H,5,12-17H2,1H3. The van der Waals surface area contributed by atoms with Crippen LogP contribution in [0.1, 0.15) is 6.42 Å². The number of piperazine rings is 1. The van der Waals surface area contributed by atoms with E-state index < -0.39 is 0 Å². The van der Waals surface area contributed by atoms with Crippen LogP contribution >= 0.6 is 11.6 Å². The van der Waals surface area contributed by atoms with E-state index in [0.29, 0.717) is 5.15 Å². The van der Waals surface area contributed by atoms with E-state index in [4.69, 9.17) is 16.3 Å². The van der Waals surface area contributed by atoms with Gasteiger partial charge in [-0.1, -0.05) is 41.9 Å². The molecular formula is C26H28ClN5O. The molecule has 1 saturated heterocycles. The Hall–Kier alpha value is -2.93. The topological polar surface area (TPSA) is 46.4 Å². The zero-order valence-corrected chi connectivity index (χ0v) is 19.6. The lowest BCUT2D eigenvalue weighted by atomic mass is 10.1. The molecule has 1 aliphatic rings. The highest BCUT2D eigenvalue weighted by Gasteiger charge is 2.17. The van der Waals surface area contributed by atoms with Crippen molar-refractivity contribution in [1.29, 1.82) is 0 Å². The Morgan fingerprint density at radius 3 is 2.45 bits per heavy atom. The van der Waals surface area contributed by atoms with Gasteiger partial charge in [0.25, 0.3) is 0 Å². The Morgan fingerprint density at radius 2 is 1.70 bits per heavy atom. The number of benzene rings is 2. The molecule has 0 bridgehead atoms. The molecule has 0 N–H and O–H groups in total. The number of rotatable bonds is 7. The van der Waals surface area contributed by atoms with E-state index in [0.717, 1.165) is 79.3 Å². The minimum Gasteiger partial charge on any atom is -0.494 e. The van der Waals surface area contributed by atoms with E-state index in [1.165, 1.54) is 6.33 Å². The molecule has 5 rings (SSSR count). The van der Waals surface area contributed by atoms with E-state index in [2.05, 4.69) is 61.8 Å². The average Bonchev–Trinajstić information content (AvgIpc) is 3.25. The quantitative estimate of drug-likeness (QED) is 0.293. The van der Waals surface area contributed by atoms with Crippen molar-refractivity contribution in [3.8, 4) is 22.6 Å². The molecule has 0 amide bonds. The van der Waals surface area contributed by atoms with Crippen molar-refractivity contribution >= 4 is 22.6 Å². The maximum absolute atomic E-state index is 6.50. The molecule has 2 aromatic carbocycles. The molecule has 0 spiro atoms. The number of likely N-dealkylation sites (N-methyl/N-ethyl adjacent to an activating group) is 1. The van der Waals surface area contributed by atoms with Gasteiger partial charge in [-0.05, 0) is 43.3 Å². The summed E-state index contributed by atoms with van der Waals surface area (Å²) in [7, 11) is 2.19. The van der Waals surface area contributed by atoms with E-state index in [1.54, 1.807) is 0 Å². The van der Waals surface area contributed by atoms with Gasteiger partial charge in [0.05, 0.1) is 12.0 Å². The van der Waals surface area contributed by atoms with E-state index in [1.807, 2.05) is 30.3 Å². The van der Waals surface area contributed by atoms with E-state index >= 15 is 0 Å². The molecule has 0 unspecified atom stereocenters. The van der Waals surface area contributed by atoms with Gasteiger partial charge in [-0.15, -0.1) is 0 Å². The molecule has 2 aromatic heterocycles. The van der Waals surface area contributed by atoms with Gasteiger partial charge in [0.2, 0.25) is 0 Å². The van der Waals surface area contributed by atoms with Crippen LogP contribution in [0.4, 0.5) is 0 Å². The van der Waals surface area contributed by atoms with Crippen LogP contribution in [0.3, 0.4) is 0 Å². The molecule has 4 aromatic rings. The monoisotopic (exact) mass is 461 g/mol. The predicted octanol–water partition coefficient (Wildman–Crippen LogP) is 4.76. The van der Waals surface area contributed by atoms with Gasteiger partial charge < -0.3 is 19.1 Å². The number of fused-ring (bicyclic) bond motifs is 1. The van der Waals surface area contributed by atoms with Crippen LogP contribution in [0.25, 0.3) is 27.8 Å². The highest BCUT2D eigenvalue weighted by molar-refractivity contribution is 6.35. The van der Waals surface area contributed by atoms with Gasteiger partial charge in [0.15, 0.2) is 0 Å². The van der Waals surface area contributed by atoms with Gasteiger partial charge in [0.1, 0.15) is 22.9 Å². The second-order valence-corrected chi connectivity index (χ2v) is 8.84. The molecule has 6 nitrogen and oxygen atoms in total. The van der Waals surface area contributed by atoms with E-state index in [9.17, 15) is 0 Å². The Labute approximate surface area is 199 Å². The third-order valence-corrected chi connectivity index (χ3v) is 6.51. The molecule has 0 radical (unpaired) electrons. The fourth-order valence-corrected chi connectivity index (χ4v) is 4.54. The third-order valence-electron chi connectivity index (χ3n) is 6.22. The first-order valence-electron chi connectivity index (χ1n) is 11.4. The maximum Gasteiger partial charge on any atom is 0.150 e. The van der Waals surface area contributed by atoms with Crippen LogP contribution < -0.4 is 4.74 Å². The summed E-state index contributed by atoms with van der Waals surface area (Å²) in [5.41, 5.74) is 3.88. The Kier molecular flexibility index (Phi) is 6.58. The van der Waals surface area contributed by atoms with Gasteiger partial charge in [-0.25, -0.2) is 9.97 Å². The van der Waals surface area contributed by atoms with Crippen LogP contribution in [0.15, 0.2) is 67.1 Å². The lowest BCUT2D eigenvalue weighted by Gasteiger charge is -2.32. The minimum atomic E-state index is 0.453. The predicted molar refractivity (Wildman–Crippen MR) is 133 cm³/mol. The second kappa shape index (κ2) is 9.91. The van der Waals surface area contributed by atoms with Crippen LogP contribution in [0.2, 0.25) is 5.15 Å². The van der Waals surface area contributed by atoms with Gasteiger partial charge in [-0.2, -0.15) is 0 Å². The molecule has 0 atom stereocenters. The normalized spacial score (nSPS) is 15.2. The number of halogens is 1. The van der Waals surface area contributed by atoms with Crippen LogP contribution in [0.5, 0.6) is 5.75 Å². The molecule has 33 heavy (non-hydrogen) atoms. The van der Waals surface area contributed by atoms with Crippen LogP contribution in [-0.2, 0) is 0 Å². The highest BCUT2D eigenvalue weighted by Crippen LogP contribution is 2.35. The van der Waals surface area contributed by atoms with Crippen molar-refractivity contribution in [3.63, 3.8) is 0 Å². The summed E-state index contributed by atoms with van der Waals surface area (Å²) in [6.07, 6.45) is 4.61. The minimum absolute atomic E-state index is 0.453. The first-order valence-corrected chi connectivity index (χ1v) is 11.8. The first-order chi connectivity index (χ1) is 16.2. The largest absolute Gasteiger partial charge is 0.494 e. The highest BCUT2D eigenvalue weighted by atomic mass is 35.5. The van der Waals surface area contributed by atoms with E-state index in [-0.39, 0.29) is 0 Å². The number of hydrogen-bond acceptors (Lipinski definition) is 5. The van der Waals surface area contributed by atoms with Crippen LogP contribution in [0, 0.1) is 0 Å². The number of ether oxygens (including phenoxy) is 1. The average molecular weight is 462 g/mol. The fourth-order valence-electron chi connectivity index (χ4n) is 4.31. The zero-order valence-electron chi connectivity index (χ0n) is 18.8. The summed E-state index contributed by atoms with van der Waals surface area (Å²) < 4.78 is 8.06. The van der Waals surface area contributed by atoms with Crippen molar-refractivity contribution in [2.24, 2.45) is 0 Å². The van der Waals surface area contributed by atoms with Crippen molar-refractivity contribution < 1.29 is 4.74 Å². The second-order valence-electron chi connectivity index (χ2n) is 8.48. The molecule has 0 saturated carbocycles. The van der Waals surface area contributed by atoms with Crippen LogP contribution in [-0.4, -0.2) is 70.7 Å². The molecule has 1 fully saturated rings. The summed E-state index contributed by atoms with van der Waals surface area (Å²) >= 11 is 6.50. The van der Waals surface area contributed by atoms with Gasteiger partial charge in [0, 0.05) is 50.2 Å². The summed E-state index contributed by atoms with van der Waals surface area (Å²) in [6.45, 7) is 6.40. The lowest BCUT2D eigenvalue weighted by molar-refractivity contribution is 0.145. The maximum atomic E-state index is 6.50. The van der Waals surface area contributed by atoms with Crippen molar-refractivity contribution in [1.82, 2.24) is 24.3 Å². The molecule has 1 aliphatic heterocycles. The van der Waals surface area contributed by atoms with Crippen molar-refractivity contribution in [3.05, 3.63) is 72.3 Å². The third kappa shape index (κ3) is 4.88. The number of aromatic nitrogens is 3. The van der Waals surface area contributed by atoms with Gasteiger partial charge in [-0.3, -0.25) is 0 Å². The smallest absolute Gasteiger partial charge is 0.150 e. The summed E-state index contributed by atoms with van der Waals surface area (Å²) in [5.74, 6) is 0.881. The Balaban J connectivity index is 1.30. The Bertz CT molecular complexity index is 1200. The molecule has 3 heterocycles. The Morgan fingerprint density at radius 1 is 0.939 bits per heavy atom. The zero-order chi connectivity index (χ0) is 22.6. The van der Waals surface area contributed by atoms with Gasteiger partial charge >= 0.3 is 0 Å². The summed E-state index contributed by atoms with van der Waals surface area (Å²) in [6, 6.07) is 18.3. The number of hydrogen-bond donors (Lipinski definition) is 0. The lowest BCUT2D eigenvalue weighted by Crippen LogP contribution is -2.44. The van der Waals surface area contributed by atoms with Crippen molar-refractivity contribution in [2.75, 3.05) is 46.4 Å². The summed E-state index contributed by atoms with van der Waals surface area (Å²) in [5, 5.41) is 1.30. The summed E-state index contributed by atoms with van der Waals surface area (Å²) in [4.78, 5) is 13.6. The molecule has 170 valence electrons. The number of nitrogens with zero attached hydrogens (tertiary/aromatic N) is 5. The molecule has 7 heteroatoms.